The number of carbonyl (C=O) groups excluding carboxylic acids is 1. The van der Waals surface area contributed by atoms with Crippen LogP contribution in [0.4, 0.5) is 13.6 Å². The fourth-order valence-corrected chi connectivity index (χ4v) is 2.70. The Kier molecular flexibility index (Phi) is 5.34. The van der Waals surface area contributed by atoms with Gasteiger partial charge in [0, 0.05) is 32.3 Å². The molecular formula is C16H22F2N2O2. The summed E-state index contributed by atoms with van der Waals surface area (Å²) in [4.78, 5) is 13.8. The summed E-state index contributed by atoms with van der Waals surface area (Å²) in [5.74, 6) is -1.04. The summed E-state index contributed by atoms with van der Waals surface area (Å²) in [6, 6.07) is 2.97. The lowest BCUT2D eigenvalue weighted by Gasteiger charge is -2.38. The molecule has 1 heterocycles. The van der Waals surface area contributed by atoms with Gasteiger partial charge in [0.1, 0.15) is 11.6 Å². The number of amides is 2. The van der Waals surface area contributed by atoms with Crippen LogP contribution >= 0.6 is 0 Å². The van der Waals surface area contributed by atoms with Gasteiger partial charge in [-0.25, -0.2) is 13.6 Å². The zero-order valence-corrected chi connectivity index (χ0v) is 13.0. The van der Waals surface area contributed by atoms with Crippen LogP contribution in [0.25, 0.3) is 0 Å². The summed E-state index contributed by atoms with van der Waals surface area (Å²) in [6.07, 6.45) is 1.73. The molecule has 4 nitrogen and oxygen atoms in total. The topological polar surface area (TPSA) is 41.6 Å². The van der Waals surface area contributed by atoms with Crippen LogP contribution in [0.2, 0.25) is 0 Å². The first kappa shape index (κ1) is 16.7. The predicted molar refractivity (Wildman–Crippen MR) is 79.4 cm³/mol. The number of nitrogens with one attached hydrogen (secondary N) is 1. The smallest absolute Gasteiger partial charge is 0.317 e. The molecule has 0 radical (unpaired) electrons. The highest BCUT2D eigenvalue weighted by atomic mass is 19.1. The molecule has 1 N–H and O–H groups in total. The van der Waals surface area contributed by atoms with Gasteiger partial charge >= 0.3 is 6.03 Å². The van der Waals surface area contributed by atoms with Crippen molar-refractivity contribution in [2.24, 2.45) is 5.41 Å². The van der Waals surface area contributed by atoms with E-state index in [1.807, 2.05) is 0 Å². The number of carbonyl (C=O) groups is 1. The van der Waals surface area contributed by atoms with E-state index in [1.54, 1.807) is 12.0 Å². The Morgan fingerprint density at radius 2 is 2.05 bits per heavy atom. The van der Waals surface area contributed by atoms with Crippen molar-refractivity contribution < 1.29 is 18.3 Å². The van der Waals surface area contributed by atoms with Crippen LogP contribution in [0.15, 0.2) is 18.2 Å². The average molecular weight is 312 g/mol. The van der Waals surface area contributed by atoms with E-state index in [1.165, 1.54) is 0 Å². The first-order valence-corrected chi connectivity index (χ1v) is 7.39. The minimum absolute atomic E-state index is 0.0196. The van der Waals surface area contributed by atoms with Crippen molar-refractivity contribution >= 4 is 6.03 Å². The molecule has 0 aromatic heterocycles. The first-order chi connectivity index (χ1) is 10.4. The number of ether oxygens (including phenoxy) is 1. The van der Waals surface area contributed by atoms with Crippen molar-refractivity contribution in [3.8, 4) is 0 Å². The van der Waals surface area contributed by atoms with Crippen LogP contribution in [0.5, 0.6) is 0 Å². The SMILES string of the molecule is COCC1(C)CCN(C(=O)NCc2cc(F)ccc2F)CC1. The van der Waals surface area contributed by atoms with Crippen LogP contribution in [0, 0.1) is 17.0 Å². The van der Waals surface area contributed by atoms with Gasteiger partial charge in [-0.2, -0.15) is 0 Å². The van der Waals surface area contributed by atoms with E-state index in [2.05, 4.69) is 12.2 Å². The van der Waals surface area contributed by atoms with Gasteiger partial charge in [-0.1, -0.05) is 6.92 Å². The molecule has 1 aromatic carbocycles. The highest BCUT2D eigenvalue weighted by Gasteiger charge is 2.31. The molecule has 0 atom stereocenters. The number of likely N-dealkylation sites (tertiary alicyclic amines) is 1. The summed E-state index contributed by atoms with van der Waals surface area (Å²) in [7, 11) is 1.68. The van der Waals surface area contributed by atoms with Gasteiger partial charge in [0.2, 0.25) is 0 Å². The number of nitrogens with zero attached hydrogens (tertiary/aromatic N) is 1. The van der Waals surface area contributed by atoms with Crippen LogP contribution < -0.4 is 5.32 Å². The van der Waals surface area contributed by atoms with Gasteiger partial charge in [0.15, 0.2) is 0 Å². The Labute approximate surface area is 129 Å². The summed E-state index contributed by atoms with van der Waals surface area (Å²) in [5.41, 5.74) is 0.245. The molecule has 0 unspecified atom stereocenters. The quantitative estimate of drug-likeness (QED) is 0.929. The molecule has 1 aliphatic rings. The number of rotatable bonds is 4. The first-order valence-electron chi connectivity index (χ1n) is 7.39. The zero-order chi connectivity index (χ0) is 16.2. The van der Waals surface area contributed by atoms with Crippen molar-refractivity contribution in [3.63, 3.8) is 0 Å². The van der Waals surface area contributed by atoms with Gasteiger partial charge in [-0.3, -0.25) is 0 Å². The molecule has 1 fully saturated rings. The van der Waals surface area contributed by atoms with Crippen LogP contribution in [0.1, 0.15) is 25.3 Å². The molecule has 0 spiro atoms. The minimum atomic E-state index is -0.520. The van der Waals surface area contributed by atoms with Gasteiger partial charge in [0.25, 0.3) is 0 Å². The van der Waals surface area contributed by atoms with Gasteiger partial charge in [0.05, 0.1) is 6.61 Å². The highest BCUT2D eigenvalue weighted by Crippen LogP contribution is 2.30. The van der Waals surface area contributed by atoms with Gasteiger partial charge in [-0.05, 0) is 36.5 Å². The lowest BCUT2D eigenvalue weighted by molar-refractivity contribution is 0.0435. The van der Waals surface area contributed by atoms with Crippen molar-refractivity contribution in [1.29, 1.82) is 0 Å². The number of hydrogen-bond donors (Lipinski definition) is 1. The molecule has 0 saturated carbocycles. The molecule has 0 bridgehead atoms. The molecule has 0 aliphatic carbocycles. The molecule has 1 aromatic rings. The standard InChI is InChI=1S/C16H22F2N2O2/c1-16(11-22-2)5-7-20(8-6-16)15(21)19-10-12-9-13(17)3-4-14(12)18/h3-4,9H,5-8,10-11H2,1-2H3,(H,19,21). The normalized spacial score (nSPS) is 17.4. The van der Waals surface area contributed by atoms with Crippen molar-refractivity contribution in [2.75, 3.05) is 26.8 Å². The molecular weight excluding hydrogens is 290 g/mol. The highest BCUT2D eigenvalue weighted by molar-refractivity contribution is 5.74. The second kappa shape index (κ2) is 7.05. The fraction of sp³-hybridized carbons (Fsp3) is 0.562. The number of benzene rings is 1. The third-order valence-electron chi connectivity index (χ3n) is 4.19. The Morgan fingerprint density at radius 1 is 1.36 bits per heavy atom. The molecule has 1 aliphatic heterocycles. The van der Waals surface area contributed by atoms with E-state index in [9.17, 15) is 13.6 Å². The van der Waals surface area contributed by atoms with Crippen molar-refractivity contribution in [3.05, 3.63) is 35.4 Å². The Hall–Kier alpha value is -1.69. The van der Waals surface area contributed by atoms with E-state index in [-0.39, 0.29) is 23.6 Å². The lowest BCUT2D eigenvalue weighted by atomic mass is 9.81. The van der Waals surface area contributed by atoms with Gasteiger partial charge in [-0.15, -0.1) is 0 Å². The summed E-state index contributed by atoms with van der Waals surface area (Å²) < 4.78 is 31.8. The minimum Gasteiger partial charge on any atom is -0.384 e. The Balaban J connectivity index is 1.85. The summed E-state index contributed by atoms with van der Waals surface area (Å²) in [5, 5.41) is 2.65. The van der Waals surface area contributed by atoms with E-state index >= 15 is 0 Å². The zero-order valence-electron chi connectivity index (χ0n) is 13.0. The van der Waals surface area contributed by atoms with Gasteiger partial charge < -0.3 is 15.0 Å². The third-order valence-corrected chi connectivity index (χ3v) is 4.19. The maximum atomic E-state index is 13.5. The average Bonchev–Trinajstić information content (AvgIpc) is 2.48. The maximum Gasteiger partial charge on any atom is 0.317 e. The van der Waals surface area contributed by atoms with Crippen LogP contribution in [0.3, 0.4) is 0 Å². The van der Waals surface area contributed by atoms with E-state index in [0.29, 0.717) is 19.7 Å². The molecule has 22 heavy (non-hydrogen) atoms. The third kappa shape index (κ3) is 4.16. The van der Waals surface area contributed by atoms with E-state index in [0.717, 1.165) is 31.0 Å². The second-order valence-corrected chi connectivity index (χ2v) is 6.13. The largest absolute Gasteiger partial charge is 0.384 e. The lowest BCUT2D eigenvalue weighted by Crippen LogP contribution is -2.47. The summed E-state index contributed by atoms with van der Waals surface area (Å²) >= 11 is 0. The fourth-order valence-electron chi connectivity index (χ4n) is 2.70. The van der Waals surface area contributed by atoms with Crippen LogP contribution in [-0.2, 0) is 11.3 Å². The number of urea groups is 1. The number of hydrogen-bond acceptors (Lipinski definition) is 2. The molecule has 6 heteroatoms. The second-order valence-electron chi connectivity index (χ2n) is 6.13. The maximum absolute atomic E-state index is 13.5. The van der Waals surface area contributed by atoms with Crippen LogP contribution in [-0.4, -0.2) is 37.7 Å². The van der Waals surface area contributed by atoms with Crippen molar-refractivity contribution in [2.45, 2.75) is 26.3 Å². The molecule has 1 saturated heterocycles. The molecule has 2 amide bonds. The van der Waals surface area contributed by atoms with Crippen molar-refractivity contribution in [1.82, 2.24) is 10.2 Å². The Bertz CT molecular complexity index is 529. The van der Waals surface area contributed by atoms with E-state index < -0.39 is 11.6 Å². The summed E-state index contributed by atoms with van der Waals surface area (Å²) in [6.45, 7) is 4.08. The monoisotopic (exact) mass is 312 g/mol. The Morgan fingerprint density at radius 3 is 2.68 bits per heavy atom. The molecule has 2 rings (SSSR count). The number of halogens is 2. The number of piperidine rings is 1. The van der Waals surface area contributed by atoms with E-state index in [4.69, 9.17) is 4.74 Å². The predicted octanol–water partition coefficient (Wildman–Crippen LogP) is 2.92. The molecule has 122 valence electrons. The number of methoxy groups -OCH3 is 1.